The third-order valence-corrected chi connectivity index (χ3v) is 4.16. The fourth-order valence-corrected chi connectivity index (χ4v) is 3.53. The first kappa shape index (κ1) is 16.9. The first-order chi connectivity index (χ1) is 8.41. The van der Waals surface area contributed by atoms with Crippen LogP contribution in [0.3, 0.4) is 0 Å². The van der Waals surface area contributed by atoms with Crippen molar-refractivity contribution in [1.82, 2.24) is 0 Å². The zero-order chi connectivity index (χ0) is 15.1. The first-order valence-corrected chi connectivity index (χ1v) is 7.48. The van der Waals surface area contributed by atoms with Crippen LogP contribution in [0.25, 0.3) is 0 Å². The van der Waals surface area contributed by atoms with Crippen LogP contribution >= 0.6 is 0 Å². The van der Waals surface area contributed by atoms with Crippen molar-refractivity contribution in [3.63, 3.8) is 0 Å². The fourth-order valence-electron chi connectivity index (χ4n) is 3.53. The molecule has 19 heavy (non-hydrogen) atoms. The topological polar surface area (TPSA) is 44.5 Å². The number of nitrogens with two attached hydrogens (primary N) is 1. The lowest BCUT2D eigenvalue weighted by molar-refractivity contribution is -0.0927. The van der Waals surface area contributed by atoms with Crippen LogP contribution in [0.5, 0.6) is 0 Å². The molecule has 1 saturated heterocycles. The van der Waals surface area contributed by atoms with Crippen molar-refractivity contribution >= 4 is 0 Å². The van der Waals surface area contributed by atoms with Gasteiger partial charge in [-0.15, -0.1) is 0 Å². The first-order valence-electron chi connectivity index (χ1n) is 7.48. The molecule has 1 rings (SSSR count). The summed E-state index contributed by atoms with van der Waals surface area (Å²) in [5.74, 6) is 0.318. The van der Waals surface area contributed by atoms with E-state index >= 15 is 0 Å². The van der Waals surface area contributed by atoms with E-state index in [1.807, 2.05) is 6.92 Å². The van der Waals surface area contributed by atoms with Crippen molar-refractivity contribution < 1.29 is 9.47 Å². The van der Waals surface area contributed by atoms with Gasteiger partial charge in [0.1, 0.15) is 0 Å². The maximum atomic E-state index is 6.59. The second-order valence-electron chi connectivity index (χ2n) is 8.10. The normalized spacial score (nSPS) is 29.2. The van der Waals surface area contributed by atoms with Crippen molar-refractivity contribution in [3.8, 4) is 0 Å². The molecule has 0 aromatic heterocycles. The van der Waals surface area contributed by atoms with E-state index in [4.69, 9.17) is 15.2 Å². The summed E-state index contributed by atoms with van der Waals surface area (Å²) in [6, 6.07) is -0.00303. The lowest BCUT2D eigenvalue weighted by atomic mass is 9.73. The van der Waals surface area contributed by atoms with Gasteiger partial charge in [0.15, 0.2) is 0 Å². The molecular weight excluding hydrogens is 238 g/mol. The van der Waals surface area contributed by atoms with Gasteiger partial charge in [-0.2, -0.15) is 0 Å². The second kappa shape index (κ2) is 5.34. The molecule has 1 aliphatic rings. The van der Waals surface area contributed by atoms with Crippen molar-refractivity contribution in [2.75, 3.05) is 6.61 Å². The minimum absolute atomic E-state index is 0.00303. The van der Waals surface area contributed by atoms with E-state index in [1.165, 1.54) is 0 Å². The molecule has 0 aliphatic carbocycles. The molecule has 0 radical (unpaired) electrons. The molecule has 0 amide bonds. The molecule has 0 saturated carbocycles. The van der Waals surface area contributed by atoms with Crippen molar-refractivity contribution in [1.29, 1.82) is 0 Å². The van der Waals surface area contributed by atoms with E-state index in [0.29, 0.717) is 12.5 Å². The third kappa shape index (κ3) is 3.93. The molecule has 1 fully saturated rings. The molecule has 3 nitrogen and oxygen atoms in total. The molecule has 0 spiro atoms. The van der Waals surface area contributed by atoms with Crippen LogP contribution in [-0.4, -0.2) is 30.0 Å². The molecule has 0 bridgehead atoms. The van der Waals surface area contributed by atoms with Crippen LogP contribution in [0.2, 0.25) is 0 Å². The third-order valence-electron chi connectivity index (χ3n) is 4.16. The number of rotatable bonds is 4. The molecule has 3 heteroatoms. The van der Waals surface area contributed by atoms with Gasteiger partial charge < -0.3 is 15.2 Å². The van der Waals surface area contributed by atoms with Crippen LogP contribution in [0.4, 0.5) is 0 Å². The van der Waals surface area contributed by atoms with Crippen molar-refractivity contribution in [3.05, 3.63) is 0 Å². The van der Waals surface area contributed by atoms with Crippen LogP contribution < -0.4 is 5.73 Å². The van der Waals surface area contributed by atoms with Crippen LogP contribution in [-0.2, 0) is 9.47 Å². The summed E-state index contributed by atoms with van der Waals surface area (Å²) in [7, 11) is 0. The van der Waals surface area contributed by atoms with Crippen LogP contribution in [0.15, 0.2) is 0 Å². The van der Waals surface area contributed by atoms with Crippen LogP contribution in [0, 0.1) is 11.3 Å². The molecule has 3 unspecified atom stereocenters. The van der Waals surface area contributed by atoms with E-state index in [-0.39, 0.29) is 28.8 Å². The van der Waals surface area contributed by atoms with Gasteiger partial charge >= 0.3 is 0 Å². The highest BCUT2D eigenvalue weighted by molar-refractivity contribution is 5.02. The lowest BCUT2D eigenvalue weighted by Gasteiger charge is -2.40. The summed E-state index contributed by atoms with van der Waals surface area (Å²) in [5, 5.41) is 0. The number of hydrogen-bond donors (Lipinski definition) is 1. The zero-order valence-electron chi connectivity index (χ0n) is 14.0. The average Bonchev–Trinajstić information content (AvgIpc) is 2.40. The highest BCUT2D eigenvalue weighted by Gasteiger charge is 2.51. The SMILES string of the molecule is CCOC(C(N)C1CC(C)(C)OC1(C)C)C(C)(C)C. The summed E-state index contributed by atoms with van der Waals surface area (Å²) in [6.45, 7) is 17.9. The van der Waals surface area contributed by atoms with Crippen molar-refractivity contribution in [2.45, 2.75) is 85.2 Å². The molecule has 3 atom stereocenters. The standard InChI is InChI=1S/C16H33NO2/c1-9-18-13(14(2,3)4)12(17)11-10-15(5,6)19-16(11,7)8/h11-13H,9-10,17H2,1-8H3. The molecule has 1 aliphatic heterocycles. The summed E-state index contributed by atoms with van der Waals surface area (Å²) >= 11 is 0. The summed E-state index contributed by atoms with van der Waals surface area (Å²) in [4.78, 5) is 0. The van der Waals surface area contributed by atoms with Crippen LogP contribution in [0.1, 0.15) is 61.8 Å². The molecule has 0 aromatic rings. The Hall–Kier alpha value is -0.120. The minimum Gasteiger partial charge on any atom is -0.376 e. The predicted octanol–water partition coefficient (Wildman–Crippen LogP) is 3.36. The molecular formula is C16H33NO2. The average molecular weight is 271 g/mol. The van der Waals surface area contributed by atoms with Gasteiger partial charge in [-0.05, 0) is 46.5 Å². The Kier molecular flexibility index (Phi) is 4.76. The summed E-state index contributed by atoms with van der Waals surface area (Å²) in [6.07, 6.45) is 1.04. The highest BCUT2D eigenvalue weighted by Crippen LogP contribution is 2.45. The van der Waals surface area contributed by atoms with Gasteiger partial charge in [0, 0.05) is 18.6 Å². The number of hydrogen-bond acceptors (Lipinski definition) is 3. The minimum atomic E-state index is -0.191. The zero-order valence-corrected chi connectivity index (χ0v) is 14.0. The maximum Gasteiger partial charge on any atom is 0.0777 e. The predicted molar refractivity (Wildman–Crippen MR) is 80.2 cm³/mol. The molecule has 0 aromatic carbocycles. The van der Waals surface area contributed by atoms with E-state index in [2.05, 4.69) is 48.5 Å². The Morgan fingerprint density at radius 1 is 1.26 bits per heavy atom. The quantitative estimate of drug-likeness (QED) is 0.852. The number of ether oxygens (including phenoxy) is 2. The van der Waals surface area contributed by atoms with E-state index in [1.54, 1.807) is 0 Å². The molecule has 1 heterocycles. The summed E-state index contributed by atoms with van der Waals surface area (Å²) in [5.41, 5.74) is 6.34. The van der Waals surface area contributed by atoms with Gasteiger partial charge in [-0.25, -0.2) is 0 Å². The van der Waals surface area contributed by atoms with E-state index < -0.39 is 0 Å². The monoisotopic (exact) mass is 271 g/mol. The second-order valence-corrected chi connectivity index (χ2v) is 8.10. The van der Waals surface area contributed by atoms with Gasteiger partial charge in [0.2, 0.25) is 0 Å². The van der Waals surface area contributed by atoms with E-state index in [9.17, 15) is 0 Å². The maximum absolute atomic E-state index is 6.59. The van der Waals surface area contributed by atoms with Gasteiger partial charge in [-0.1, -0.05) is 20.8 Å². The van der Waals surface area contributed by atoms with Gasteiger partial charge in [-0.3, -0.25) is 0 Å². The highest BCUT2D eigenvalue weighted by atomic mass is 16.5. The molecule has 114 valence electrons. The summed E-state index contributed by atoms with van der Waals surface area (Å²) < 4.78 is 12.1. The molecule has 2 N–H and O–H groups in total. The lowest BCUT2D eigenvalue weighted by Crippen LogP contribution is -2.53. The fraction of sp³-hybridized carbons (Fsp3) is 1.00. The Morgan fingerprint density at radius 3 is 2.11 bits per heavy atom. The Morgan fingerprint density at radius 2 is 1.79 bits per heavy atom. The largest absolute Gasteiger partial charge is 0.376 e. The van der Waals surface area contributed by atoms with E-state index in [0.717, 1.165) is 6.42 Å². The van der Waals surface area contributed by atoms with Gasteiger partial charge in [0.05, 0.1) is 17.3 Å². The van der Waals surface area contributed by atoms with Crippen molar-refractivity contribution in [2.24, 2.45) is 17.1 Å². The van der Waals surface area contributed by atoms with Gasteiger partial charge in [0.25, 0.3) is 0 Å². The smallest absolute Gasteiger partial charge is 0.0777 e. The Labute approximate surface area is 119 Å². The Balaban J connectivity index is 2.94. The Bertz CT molecular complexity index is 304.